The molecular formula is C22H24Cl2F3N5O3. The van der Waals surface area contributed by atoms with Crippen LogP contribution < -0.4 is 15.4 Å². The van der Waals surface area contributed by atoms with E-state index in [2.05, 4.69) is 20.3 Å². The van der Waals surface area contributed by atoms with Gasteiger partial charge in [-0.3, -0.25) is 0 Å². The molecule has 0 fully saturated rings. The van der Waals surface area contributed by atoms with Gasteiger partial charge in [-0.15, -0.1) is 0 Å². The van der Waals surface area contributed by atoms with E-state index in [1.54, 1.807) is 5.32 Å². The Hall–Kier alpha value is -2.92. The number of carbonyl (C=O) groups excluding carboxylic acids is 1. The van der Waals surface area contributed by atoms with Crippen LogP contribution in [0.5, 0.6) is 5.75 Å². The zero-order chi connectivity index (χ0) is 25.8. The third-order valence-electron chi connectivity index (χ3n) is 4.64. The number of hydrogen-bond acceptors (Lipinski definition) is 6. The maximum atomic E-state index is 13.5. The number of aromatic nitrogens is 3. The van der Waals surface area contributed by atoms with Crippen LogP contribution in [0.2, 0.25) is 10.4 Å². The molecule has 0 aliphatic rings. The highest BCUT2D eigenvalue weighted by molar-refractivity contribution is 6.33. The molecule has 13 heteroatoms. The van der Waals surface area contributed by atoms with Crippen molar-refractivity contribution >= 4 is 46.0 Å². The molecule has 3 aromatic rings. The molecule has 2 heterocycles. The van der Waals surface area contributed by atoms with E-state index in [9.17, 15) is 18.0 Å². The highest BCUT2D eigenvalue weighted by Crippen LogP contribution is 2.32. The molecular weight excluding hydrogens is 510 g/mol. The van der Waals surface area contributed by atoms with Crippen LogP contribution in [-0.2, 0) is 11.2 Å². The second kappa shape index (κ2) is 10.8. The van der Waals surface area contributed by atoms with E-state index in [4.69, 9.17) is 32.7 Å². The van der Waals surface area contributed by atoms with Crippen LogP contribution in [0, 0.1) is 0 Å². The van der Waals surface area contributed by atoms with E-state index in [0.29, 0.717) is 13.0 Å². The lowest BCUT2D eigenvalue weighted by atomic mass is 10.1. The standard InChI is InChI=1S/C22H24Cl2F3N5O3/c1-21(2,3)35-20(33)30-15(22(25,26)27)11-34-16-17(23)31-19(24)32-18(16)28-9-8-12-10-29-14-7-5-4-6-13(12)14/h4-7,10,15,29H,8-9,11H2,1-3H3,(H,30,33)(H,28,31,32)/t15-/m1/s1. The van der Waals surface area contributed by atoms with Crippen LogP contribution in [0.4, 0.5) is 23.8 Å². The van der Waals surface area contributed by atoms with Crippen LogP contribution in [0.3, 0.4) is 0 Å². The molecule has 0 bridgehead atoms. The summed E-state index contributed by atoms with van der Waals surface area (Å²) in [6, 6.07) is 5.39. The Labute approximate surface area is 209 Å². The molecule has 1 amide bonds. The SMILES string of the molecule is CC(C)(C)OC(=O)N[C@H](COc1c(Cl)nc(Cl)nc1NCCc1c[nH]c2ccccc12)C(F)(F)F. The van der Waals surface area contributed by atoms with Gasteiger partial charge in [0.25, 0.3) is 0 Å². The lowest BCUT2D eigenvalue weighted by Gasteiger charge is -2.25. The van der Waals surface area contributed by atoms with E-state index in [0.717, 1.165) is 16.5 Å². The largest absolute Gasteiger partial charge is 0.484 e. The third-order valence-corrected chi connectivity index (χ3v) is 5.06. The molecule has 0 saturated heterocycles. The van der Waals surface area contributed by atoms with Crippen molar-refractivity contribution in [3.63, 3.8) is 0 Å². The van der Waals surface area contributed by atoms with Crippen molar-refractivity contribution in [2.75, 3.05) is 18.5 Å². The summed E-state index contributed by atoms with van der Waals surface area (Å²) in [6.07, 6.45) is -3.62. The molecule has 3 N–H and O–H groups in total. The summed E-state index contributed by atoms with van der Waals surface area (Å²) in [5.41, 5.74) is 1.03. The minimum Gasteiger partial charge on any atom is -0.484 e. The van der Waals surface area contributed by atoms with Crippen LogP contribution >= 0.6 is 23.2 Å². The summed E-state index contributed by atoms with van der Waals surface area (Å²) in [5.74, 6) is -0.205. The average molecular weight is 534 g/mol. The van der Waals surface area contributed by atoms with Gasteiger partial charge in [0, 0.05) is 23.6 Å². The monoisotopic (exact) mass is 533 g/mol. The number of H-pyrrole nitrogens is 1. The van der Waals surface area contributed by atoms with Crippen molar-refractivity contribution < 1.29 is 27.4 Å². The molecule has 0 spiro atoms. The number of nitrogens with one attached hydrogen (secondary N) is 3. The number of benzene rings is 1. The molecule has 1 atom stereocenters. The smallest absolute Gasteiger partial charge is 0.412 e. The Balaban J connectivity index is 1.70. The molecule has 0 unspecified atom stereocenters. The maximum absolute atomic E-state index is 13.5. The number of rotatable bonds is 8. The number of aromatic amines is 1. The summed E-state index contributed by atoms with van der Waals surface area (Å²) in [4.78, 5) is 22.8. The maximum Gasteiger partial charge on any atom is 0.412 e. The van der Waals surface area contributed by atoms with Gasteiger partial charge in [0.15, 0.2) is 22.8 Å². The number of ether oxygens (including phenoxy) is 2. The number of fused-ring (bicyclic) bond motifs is 1. The van der Waals surface area contributed by atoms with Crippen molar-refractivity contribution in [1.29, 1.82) is 0 Å². The number of hydrogen-bond donors (Lipinski definition) is 3. The van der Waals surface area contributed by atoms with Crippen LogP contribution in [0.15, 0.2) is 30.5 Å². The van der Waals surface area contributed by atoms with Gasteiger partial charge >= 0.3 is 12.3 Å². The van der Waals surface area contributed by atoms with Gasteiger partial charge < -0.3 is 25.1 Å². The fraction of sp³-hybridized carbons (Fsp3) is 0.409. The summed E-state index contributed by atoms with van der Waals surface area (Å²) >= 11 is 12.0. The summed E-state index contributed by atoms with van der Waals surface area (Å²) in [6.45, 7) is 3.95. The van der Waals surface area contributed by atoms with Crippen LogP contribution in [0.25, 0.3) is 10.9 Å². The first-order chi connectivity index (χ1) is 16.3. The van der Waals surface area contributed by atoms with Gasteiger partial charge in [-0.25, -0.2) is 9.78 Å². The summed E-state index contributed by atoms with van der Waals surface area (Å²) < 4.78 is 50.8. The number of halogens is 5. The van der Waals surface area contributed by atoms with Crippen LogP contribution in [0.1, 0.15) is 26.3 Å². The third kappa shape index (κ3) is 7.53. The number of amides is 1. The first-order valence-corrected chi connectivity index (χ1v) is 11.3. The Morgan fingerprint density at radius 1 is 1.17 bits per heavy atom. The van der Waals surface area contributed by atoms with Crippen LogP contribution in [-0.4, -0.2) is 52.0 Å². The Morgan fingerprint density at radius 2 is 1.89 bits per heavy atom. The zero-order valence-electron chi connectivity index (χ0n) is 19.1. The molecule has 0 aliphatic carbocycles. The van der Waals surface area contributed by atoms with Gasteiger partial charge in [0.1, 0.15) is 12.2 Å². The van der Waals surface area contributed by atoms with Gasteiger partial charge in [-0.05, 0) is 50.4 Å². The second-order valence-electron chi connectivity index (χ2n) is 8.55. The number of para-hydroxylation sites is 1. The van der Waals surface area contributed by atoms with Gasteiger partial charge in [0.05, 0.1) is 0 Å². The first kappa shape index (κ1) is 26.7. The Bertz CT molecular complexity index is 1180. The quantitative estimate of drug-likeness (QED) is 0.251. The van der Waals surface area contributed by atoms with Gasteiger partial charge in [-0.1, -0.05) is 29.8 Å². The fourth-order valence-corrected chi connectivity index (χ4v) is 3.57. The fourth-order valence-electron chi connectivity index (χ4n) is 3.13. The topological polar surface area (TPSA) is 101 Å². The Kier molecular flexibility index (Phi) is 8.22. The second-order valence-corrected chi connectivity index (χ2v) is 9.24. The molecule has 0 aliphatic heterocycles. The first-order valence-electron chi connectivity index (χ1n) is 10.5. The molecule has 190 valence electrons. The lowest BCUT2D eigenvalue weighted by molar-refractivity contribution is -0.161. The summed E-state index contributed by atoms with van der Waals surface area (Å²) in [5, 5.41) is 5.30. The van der Waals surface area contributed by atoms with E-state index < -0.39 is 30.5 Å². The highest BCUT2D eigenvalue weighted by atomic mass is 35.5. The van der Waals surface area contributed by atoms with Gasteiger partial charge in [-0.2, -0.15) is 18.2 Å². The molecule has 0 radical (unpaired) electrons. The predicted octanol–water partition coefficient (Wildman–Crippen LogP) is 5.75. The number of anilines is 1. The number of alkyl halides is 3. The lowest BCUT2D eigenvalue weighted by Crippen LogP contribution is -2.50. The number of carbonyl (C=O) groups is 1. The minimum atomic E-state index is -4.82. The molecule has 8 nitrogen and oxygen atoms in total. The van der Waals surface area contributed by atoms with E-state index in [1.165, 1.54) is 20.8 Å². The van der Waals surface area contributed by atoms with Gasteiger partial charge in [0.2, 0.25) is 5.28 Å². The molecule has 0 saturated carbocycles. The number of alkyl carbamates (subject to hydrolysis) is 1. The van der Waals surface area contributed by atoms with E-state index in [1.807, 2.05) is 30.5 Å². The average Bonchev–Trinajstić information content (AvgIpc) is 3.13. The molecule has 3 rings (SSSR count). The Morgan fingerprint density at radius 3 is 2.57 bits per heavy atom. The zero-order valence-corrected chi connectivity index (χ0v) is 20.6. The molecule has 2 aromatic heterocycles. The normalized spacial score (nSPS) is 12.9. The van der Waals surface area contributed by atoms with Crippen molar-refractivity contribution in [2.45, 2.75) is 45.0 Å². The summed E-state index contributed by atoms with van der Waals surface area (Å²) in [7, 11) is 0. The van der Waals surface area contributed by atoms with E-state index >= 15 is 0 Å². The molecule has 1 aromatic carbocycles. The van der Waals surface area contributed by atoms with E-state index in [-0.39, 0.29) is 22.0 Å². The minimum absolute atomic E-state index is 0.0213. The highest BCUT2D eigenvalue weighted by Gasteiger charge is 2.42. The van der Waals surface area contributed by atoms with Crippen molar-refractivity contribution in [2.24, 2.45) is 0 Å². The number of nitrogens with zero attached hydrogens (tertiary/aromatic N) is 2. The van der Waals surface area contributed by atoms with Crippen molar-refractivity contribution in [1.82, 2.24) is 20.3 Å². The van der Waals surface area contributed by atoms with Crippen molar-refractivity contribution in [3.05, 3.63) is 46.5 Å². The molecule has 35 heavy (non-hydrogen) atoms. The van der Waals surface area contributed by atoms with Crippen molar-refractivity contribution in [3.8, 4) is 5.75 Å². The predicted molar refractivity (Wildman–Crippen MR) is 127 cm³/mol.